The van der Waals surface area contributed by atoms with Crippen LogP contribution in [0.2, 0.25) is 0 Å². The first-order valence-corrected chi connectivity index (χ1v) is 9.40. The van der Waals surface area contributed by atoms with E-state index in [4.69, 9.17) is 4.74 Å². The number of hydrogen-bond acceptors (Lipinski definition) is 5. The highest BCUT2D eigenvalue weighted by Gasteiger charge is 2.29. The van der Waals surface area contributed by atoms with Crippen LogP contribution in [0.5, 0.6) is 0 Å². The van der Waals surface area contributed by atoms with Crippen LogP contribution in [0.4, 0.5) is 0 Å². The highest BCUT2D eigenvalue weighted by Crippen LogP contribution is 2.22. The summed E-state index contributed by atoms with van der Waals surface area (Å²) in [5.41, 5.74) is 2.85. The summed E-state index contributed by atoms with van der Waals surface area (Å²) in [5.74, 6) is -0.0369. The average molecular weight is 377 g/mol. The fourth-order valence-electron chi connectivity index (χ4n) is 3.48. The minimum absolute atomic E-state index is 0.0369. The Morgan fingerprint density at radius 3 is 2.71 bits per heavy atom. The molecule has 0 bridgehead atoms. The Morgan fingerprint density at radius 2 is 1.96 bits per heavy atom. The standard InChI is InChI=1S/C21H23N5O2/c27-21(20(18-6-3-8-22-15-18)25-11-13-28-14-12-25)23-16-17-5-1-2-7-19(17)26-10-4-9-24-26/h1-10,15,20H,11-14,16H2,(H,23,27). The molecule has 0 radical (unpaired) electrons. The molecule has 7 heteroatoms. The van der Waals surface area contributed by atoms with E-state index >= 15 is 0 Å². The largest absolute Gasteiger partial charge is 0.379 e. The number of carbonyl (C=O) groups is 1. The van der Waals surface area contributed by atoms with Gasteiger partial charge in [-0.15, -0.1) is 0 Å². The minimum atomic E-state index is -0.380. The van der Waals surface area contributed by atoms with Crippen LogP contribution in [0.25, 0.3) is 5.69 Å². The van der Waals surface area contributed by atoms with Crippen molar-refractivity contribution in [3.05, 3.63) is 78.4 Å². The van der Waals surface area contributed by atoms with Crippen molar-refractivity contribution < 1.29 is 9.53 Å². The number of carbonyl (C=O) groups excluding carboxylic acids is 1. The Morgan fingerprint density at radius 1 is 1.11 bits per heavy atom. The van der Waals surface area contributed by atoms with Crippen molar-refractivity contribution in [3.63, 3.8) is 0 Å². The first-order chi connectivity index (χ1) is 13.8. The van der Waals surface area contributed by atoms with Gasteiger partial charge in [0.1, 0.15) is 6.04 Å². The smallest absolute Gasteiger partial charge is 0.242 e. The van der Waals surface area contributed by atoms with E-state index < -0.39 is 0 Å². The molecule has 3 heterocycles. The first-order valence-electron chi connectivity index (χ1n) is 9.40. The summed E-state index contributed by atoms with van der Waals surface area (Å²) in [7, 11) is 0. The van der Waals surface area contributed by atoms with Gasteiger partial charge in [0.25, 0.3) is 0 Å². The number of amides is 1. The molecule has 1 N–H and O–H groups in total. The van der Waals surface area contributed by atoms with Crippen LogP contribution >= 0.6 is 0 Å². The topological polar surface area (TPSA) is 72.3 Å². The Labute approximate surface area is 164 Å². The van der Waals surface area contributed by atoms with Gasteiger partial charge in [0.15, 0.2) is 0 Å². The average Bonchev–Trinajstić information content (AvgIpc) is 3.29. The maximum atomic E-state index is 13.2. The first kappa shape index (κ1) is 18.3. The Hall–Kier alpha value is -3.03. The molecule has 144 valence electrons. The maximum absolute atomic E-state index is 13.2. The third-order valence-corrected chi connectivity index (χ3v) is 4.86. The second-order valence-corrected chi connectivity index (χ2v) is 6.63. The number of nitrogens with zero attached hydrogens (tertiary/aromatic N) is 4. The molecule has 1 aromatic carbocycles. The highest BCUT2D eigenvalue weighted by atomic mass is 16.5. The molecular formula is C21H23N5O2. The molecule has 1 fully saturated rings. The Bertz CT molecular complexity index is 892. The molecule has 0 aliphatic carbocycles. The molecule has 1 unspecified atom stereocenters. The molecule has 1 amide bonds. The van der Waals surface area contributed by atoms with Crippen LogP contribution in [-0.4, -0.2) is 51.9 Å². The second-order valence-electron chi connectivity index (χ2n) is 6.63. The summed E-state index contributed by atoms with van der Waals surface area (Å²) in [5, 5.41) is 7.41. The van der Waals surface area contributed by atoms with Gasteiger partial charge >= 0.3 is 0 Å². The fraction of sp³-hybridized carbons (Fsp3) is 0.286. The molecule has 3 aromatic rings. The zero-order chi connectivity index (χ0) is 19.2. The lowest BCUT2D eigenvalue weighted by atomic mass is 10.1. The molecule has 1 atom stereocenters. The van der Waals surface area contributed by atoms with Crippen molar-refractivity contribution in [1.29, 1.82) is 0 Å². The fourth-order valence-corrected chi connectivity index (χ4v) is 3.48. The molecular weight excluding hydrogens is 354 g/mol. The van der Waals surface area contributed by atoms with Gasteiger partial charge in [-0.1, -0.05) is 24.3 Å². The zero-order valence-corrected chi connectivity index (χ0v) is 15.6. The molecule has 1 aliphatic heterocycles. The Balaban J connectivity index is 1.53. The van der Waals surface area contributed by atoms with Gasteiger partial charge in [-0.2, -0.15) is 5.10 Å². The predicted octanol–water partition coefficient (Wildman–Crippen LogP) is 1.96. The van der Waals surface area contributed by atoms with Crippen molar-refractivity contribution in [2.45, 2.75) is 12.6 Å². The molecule has 7 nitrogen and oxygen atoms in total. The second kappa shape index (κ2) is 8.77. The van der Waals surface area contributed by atoms with E-state index in [1.807, 2.05) is 53.3 Å². The van der Waals surface area contributed by atoms with Crippen molar-refractivity contribution >= 4 is 5.91 Å². The van der Waals surface area contributed by atoms with Gasteiger partial charge in [-0.05, 0) is 29.3 Å². The zero-order valence-electron chi connectivity index (χ0n) is 15.6. The summed E-state index contributed by atoms with van der Waals surface area (Å²) >= 11 is 0. The van der Waals surface area contributed by atoms with Crippen molar-refractivity contribution in [2.24, 2.45) is 0 Å². The van der Waals surface area contributed by atoms with Crippen LogP contribution in [0.3, 0.4) is 0 Å². The van der Waals surface area contributed by atoms with E-state index in [1.165, 1.54) is 0 Å². The van der Waals surface area contributed by atoms with Gasteiger partial charge in [0.2, 0.25) is 5.91 Å². The lowest BCUT2D eigenvalue weighted by molar-refractivity contribution is -0.128. The molecule has 4 rings (SSSR count). The number of morpholine rings is 1. The van der Waals surface area contributed by atoms with E-state index in [9.17, 15) is 4.79 Å². The van der Waals surface area contributed by atoms with Crippen molar-refractivity contribution in [2.75, 3.05) is 26.3 Å². The summed E-state index contributed by atoms with van der Waals surface area (Å²) in [4.78, 5) is 19.5. The molecule has 1 saturated heterocycles. The summed E-state index contributed by atoms with van der Waals surface area (Å²) in [6, 6.07) is 13.2. The quantitative estimate of drug-likeness (QED) is 0.711. The number of aromatic nitrogens is 3. The maximum Gasteiger partial charge on any atom is 0.242 e. The number of benzene rings is 1. The number of ether oxygens (including phenoxy) is 1. The number of para-hydroxylation sites is 1. The van der Waals surface area contributed by atoms with Crippen LogP contribution in [0.15, 0.2) is 67.3 Å². The minimum Gasteiger partial charge on any atom is -0.379 e. The molecule has 28 heavy (non-hydrogen) atoms. The van der Waals surface area contributed by atoms with E-state index in [0.717, 1.165) is 29.9 Å². The molecule has 2 aromatic heterocycles. The molecule has 1 aliphatic rings. The molecule has 0 spiro atoms. The lowest BCUT2D eigenvalue weighted by Crippen LogP contribution is -2.45. The van der Waals surface area contributed by atoms with Gasteiger partial charge in [-0.3, -0.25) is 14.7 Å². The van der Waals surface area contributed by atoms with Gasteiger partial charge in [-0.25, -0.2) is 4.68 Å². The SMILES string of the molecule is O=C(NCc1ccccc1-n1cccn1)C(c1cccnc1)N1CCOCC1. The van der Waals surface area contributed by atoms with Crippen molar-refractivity contribution in [3.8, 4) is 5.69 Å². The van der Waals surface area contributed by atoms with Crippen LogP contribution in [0, 0.1) is 0 Å². The molecule has 0 saturated carbocycles. The van der Waals surface area contributed by atoms with Gasteiger partial charge in [0.05, 0.1) is 18.9 Å². The highest BCUT2D eigenvalue weighted by molar-refractivity contribution is 5.83. The third kappa shape index (κ3) is 4.11. The number of rotatable bonds is 6. The monoisotopic (exact) mass is 377 g/mol. The number of pyridine rings is 1. The summed E-state index contributed by atoms with van der Waals surface area (Å²) in [6.45, 7) is 3.13. The number of nitrogens with one attached hydrogen (secondary N) is 1. The third-order valence-electron chi connectivity index (χ3n) is 4.86. The normalized spacial score (nSPS) is 15.9. The van der Waals surface area contributed by atoms with Crippen LogP contribution in [-0.2, 0) is 16.1 Å². The summed E-state index contributed by atoms with van der Waals surface area (Å²) in [6.07, 6.45) is 7.12. The summed E-state index contributed by atoms with van der Waals surface area (Å²) < 4.78 is 7.26. The van der Waals surface area contributed by atoms with Gasteiger partial charge < -0.3 is 10.1 Å². The van der Waals surface area contributed by atoms with E-state index in [2.05, 4.69) is 20.3 Å². The lowest BCUT2D eigenvalue weighted by Gasteiger charge is -2.33. The van der Waals surface area contributed by atoms with E-state index in [0.29, 0.717) is 19.8 Å². The number of hydrogen-bond donors (Lipinski definition) is 1. The van der Waals surface area contributed by atoms with E-state index in [-0.39, 0.29) is 11.9 Å². The van der Waals surface area contributed by atoms with Crippen molar-refractivity contribution in [1.82, 2.24) is 25.0 Å². The van der Waals surface area contributed by atoms with E-state index in [1.54, 1.807) is 18.6 Å². The van der Waals surface area contributed by atoms with Gasteiger partial charge in [0, 0.05) is 44.4 Å². The van der Waals surface area contributed by atoms with Crippen LogP contribution < -0.4 is 5.32 Å². The van der Waals surface area contributed by atoms with Crippen LogP contribution in [0.1, 0.15) is 17.2 Å². The Kier molecular flexibility index (Phi) is 5.75. The predicted molar refractivity (Wildman–Crippen MR) is 105 cm³/mol.